The van der Waals surface area contributed by atoms with Gasteiger partial charge in [-0.05, 0) is 43.6 Å². The van der Waals surface area contributed by atoms with E-state index in [0.29, 0.717) is 17.9 Å². The molecule has 118 valence electrons. The fourth-order valence-electron chi connectivity index (χ4n) is 3.18. The lowest BCUT2D eigenvalue weighted by Crippen LogP contribution is -2.22. The molecule has 0 aliphatic carbocycles. The smallest absolute Gasteiger partial charge is 0.266 e. The molecule has 4 rings (SSSR count). The normalized spacial score (nSPS) is 17.8. The van der Waals surface area contributed by atoms with Gasteiger partial charge in [-0.25, -0.2) is 0 Å². The maximum absolute atomic E-state index is 5.41. The standard InChI is InChI=1S/C17H19N5O/c1-12-10-13(2)22(19-12)15-8-9-21(11-15)17-18-16(23-20-17)14-6-4-3-5-7-14/h3-7,10,15H,8-9,11H2,1-2H3/t15-/m1/s1. The van der Waals surface area contributed by atoms with E-state index < -0.39 is 0 Å². The SMILES string of the molecule is Cc1cc(C)n([C@@H]2CCN(c3noc(-c4ccccc4)n3)C2)n1. The minimum absolute atomic E-state index is 0.363. The summed E-state index contributed by atoms with van der Waals surface area (Å²) >= 11 is 0. The molecule has 0 saturated carbocycles. The van der Waals surface area contributed by atoms with Crippen molar-refractivity contribution in [3.63, 3.8) is 0 Å². The molecule has 6 nitrogen and oxygen atoms in total. The van der Waals surface area contributed by atoms with Crippen LogP contribution in [-0.2, 0) is 0 Å². The molecule has 0 spiro atoms. The lowest BCUT2D eigenvalue weighted by atomic mass is 10.2. The maximum atomic E-state index is 5.41. The third kappa shape index (κ3) is 2.60. The molecule has 1 fully saturated rings. The van der Waals surface area contributed by atoms with Gasteiger partial charge in [-0.15, -0.1) is 0 Å². The number of anilines is 1. The van der Waals surface area contributed by atoms with Crippen molar-refractivity contribution in [3.8, 4) is 11.5 Å². The zero-order chi connectivity index (χ0) is 15.8. The number of aryl methyl sites for hydroxylation is 2. The molecule has 23 heavy (non-hydrogen) atoms. The van der Waals surface area contributed by atoms with Crippen molar-refractivity contribution in [1.82, 2.24) is 19.9 Å². The van der Waals surface area contributed by atoms with Crippen molar-refractivity contribution >= 4 is 5.95 Å². The number of hydrogen-bond donors (Lipinski definition) is 0. The summed E-state index contributed by atoms with van der Waals surface area (Å²) in [5.74, 6) is 1.23. The van der Waals surface area contributed by atoms with Gasteiger partial charge in [0.25, 0.3) is 11.8 Å². The van der Waals surface area contributed by atoms with Crippen LogP contribution in [0.15, 0.2) is 40.9 Å². The quantitative estimate of drug-likeness (QED) is 0.744. The summed E-state index contributed by atoms with van der Waals surface area (Å²) in [5.41, 5.74) is 3.21. The van der Waals surface area contributed by atoms with Crippen molar-refractivity contribution in [3.05, 3.63) is 47.8 Å². The first-order valence-corrected chi connectivity index (χ1v) is 7.87. The van der Waals surface area contributed by atoms with Crippen LogP contribution in [0, 0.1) is 13.8 Å². The summed E-state index contributed by atoms with van der Waals surface area (Å²) in [4.78, 5) is 6.70. The number of rotatable bonds is 3. The van der Waals surface area contributed by atoms with Gasteiger partial charge in [-0.2, -0.15) is 10.1 Å². The van der Waals surface area contributed by atoms with Gasteiger partial charge < -0.3 is 9.42 Å². The van der Waals surface area contributed by atoms with Gasteiger partial charge in [0, 0.05) is 24.3 Å². The predicted molar refractivity (Wildman–Crippen MR) is 87.3 cm³/mol. The van der Waals surface area contributed by atoms with Gasteiger partial charge in [-0.3, -0.25) is 4.68 Å². The van der Waals surface area contributed by atoms with Crippen LogP contribution in [0.25, 0.3) is 11.5 Å². The first-order valence-electron chi connectivity index (χ1n) is 7.87. The highest BCUT2D eigenvalue weighted by atomic mass is 16.5. The van der Waals surface area contributed by atoms with E-state index in [1.807, 2.05) is 37.3 Å². The fourth-order valence-corrected chi connectivity index (χ4v) is 3.18. The molecule has 0 unspecified atom stereocenters. The molecular weight excluding hydrogens is 290 g/mol. The topological polar surface area (TPSA) is 60.0 Å². The van der Waals surface area contributed by atoms with Crippen LogP contribution in [0.3, 0.4) is 0 Å². The zero-order valence-corrected chi connectivity index (χ0v) is 13.3. The predicted octanol–water partition coefficient (Wildman–Crippen LogP) is 3.00. The Morgan fingerprint density at radius 1 is 1.17 bits per heavy atom. The Kier molecular flexibility index (Phi) is 3.37. The molecule has 3 aromatic rings. The molecule has 1 saturated heterocycles. The van der Waals surface area contributed by atoms with E-state index in [2.05, 4.69) is 37.8 Å². The zero-order valence-electron chi connectivity index (χ0n) is 13.3. The second kappa shape index (κ2) is 5.53. The van der Waals surface area contributed by atoms with Crippen molar-refractivity contribution in [2.24, 2.45) is 0 Å². The summed E-state index contributed by atoms with van der Waals surface area (Å²) < 4.78 is 7.53. The Labute approximate surface area is 134 Å². The van der Waals surface area contributed by atoms with E-state index in [-0.39, 0.29) is 0 Å². The number of nitrogens with zero attached hydrogens (tertiary/aromatic N) is 5. The fraction of sp³-hybridized carbons (Fsp3) is 0.353. The molecule has 6 heteroatoms. The van der Waals surface area contributed by atoms with Crippen LogP contribution in [0.5, 0.6) is 0 Å². The Morgan fingerprint density at radius 2 is 2.00 bits per heavy atom. The highest BCUT2D eigenvalue weighted by molar-refractivity contribution is 5.54. The summed E-state index contributed by atoms with van der Waals surface area (Å²) in [5, 5.41) is 8.74. The monoisotopic (exact) mass is 309 g/mol. The van der Waals surface area contributed by atoms with Crippen LogP contribution in [0.1, 0.15) is 23.9 Å². The van der Waals surface area contributed by atoms with Gasteiger partial charge in [0.2, 0.25) is 0 Å². The van der Waals surface area contributed by atoms with E-state index in [1.165, 1.54) is 5.69 Å². The van der Waals surface area contributed by atoms with Crippen molar-refractivity contribution in [2.75, 3.05) is 18.0 Å². The van der Waals surface area contributed by atoms with Gasteiger partial charge in [0.05, 0.1) is 11.7 Å². The molecule has 1 atom stereocenters. The van der Waals surface area contributed by atoms with E-state index in [0.717, 1.165) is 30.8 Å². The van der Waals surface area contributed by atoms with Gasteiger partial charge >= 0.3 is 0 Å². The van der Waals surface area contributed by atoms with E-state index in [9.17, 15) is 0 Å². The maximum Gasteiger partial charge on any atom is 0.266 e. The minimum atomic E-state index is 0.363. The third-order valence-corrected chi connectivity index (χ3v) is 4.27. The molecule has 1 aliphatic heterocycles. The Hall–Kier alpha value is -2.63. The molecule has 3 heterocycles. The van der Waals surface area contributed by atoms with Crippen LogP contribution < -0.4 is 4.90 Å². The van der Waals surface area contributed by atoms with Crippen molar-refractivity contribution in [1.29, 1.82) is 0 Å². The van der Waals surface area contributed by atoms with Crippen LogP contribution in [0.2, 0.25) is 0 Å². The summed E-state index contributed by atoms with van der Waals surface area (Å²) in [6.07, 6.45) is 1.04. The number of aromatic nitrogens is 4. The number of hydrogen-bond acceptors (Lipinski definition) is 5. The minimum Gasteiger partial charge on any atom is -0.336 e. The highest BCUT2D eigenvalue weighted by Gasteiger charge is 2.28. The summed E-state index contributed by atoms with van der Waals surface area (Å²) in [7, 11) is 0. The second-order valence-electron chi connectivity index (χ2n) is 6.03. The lowest BCUT2D eigenvalue weighted by Gasteiger charge is -2.14. The molecule has 1 aromatic carbocycles. The first kappa shape index (κ1) is 14.0. The average molecular weight is 309 g/mol. The Balaban J connectivity index is 1.52. The van der Waals surface area contributed by atoms with Gasteiger partial charge in [0.15, 0.2) is 0 Å². The van der Waals surface area contributed by atoms with E-state index in [1.54, 1.807) is 0 Å². The van der Waals surface area contributed by atoms with E-state index in [4.69, 9.17) is 4.52 Å². The van der Waals surface area contributed by atoms with Gasteiger partial charge in [-0.1, -0.05) is 18.2 Å². The highest BCUT2D eigenvalue weighted by Crippen LogP contribution is 2.27. The second-order valence-corrected chi connectivity index (χ2v) is 6.03. The first-order chi connectivity index (χ1) is 11.2. The third-order valence-electron chi connectivity index (χ3n) is 4.27. The molecule has 0 amide bonds. The largest absolute Gasteiger partial charge is 0.336 e. The lowest BCUT2D eigenvalue weighted by molar-refractivity contribution is 0.429. The molecule has 0 bridgehead atoms. The van der Waals surface area contributed by atoms with E-state index >= 15 is 0 Å². The summed E-state index contributed by atoms with van der Waals surface area (Å²) in [6.45, 7) is 5.90. The molecule has 0 N–H and O–H groups in total. The molecule has 2 aromatic heterocycles. The Bertz CT molecular complexity index is 808. The van der Waals surface area contributed by atoms with Gasteiger partial charge in [0.1, 0.15) is 0 Å². The van der Waals surface area contributed by atoms with Crippen LogP contribution in [-0.4, -0.2) is 33.0 Å². The van der Waals surface area contributed by atoms with Crippen LogP contribution >= 0.6 is 0 Å². The summed E-state index contributed by atoms with van der Waals surface area (Å²) in [6, 6.07) is 12.3. The van der Waals surface area contributed by atoms with Crippen molar-refractivity contribution < 1.29 is 4.52 Å². The van der Waals surface area contributed by atoms with Crippen molar-refractivity contribution in [2.45, 2.75) is 26.3 Å². The molecule has 1 aliphatic rings. The molecule has 0 radical (unpaired) electrons. The van der Waals surface area contributed by atoms with Crippen LogP contribution in [0.4, 0.5) is 5.95 Å². The molecular formula is C17H19N5O. The number of benzene rings is 1. The average Bonchev–Trinajstić information content (AvgIpc) is 3.27. The Morgan fingerprint density at radius 3 is 2.74 bits per heavy atom.